The van der Waals surface area contributed by atoms with E-state index in [9.17, 15) is 0 Å². The fraction of sp³-hybridized carbons (Fsp3) is 1.00. The highest BCUT2D eigenvalue weighted by atomic mass is 16.5. The molecule has 0 saturated heterocycles. The number of ether oxygens (including phenoxy) is 1. The molecule has 1 fully saturated rings. The fourth-order valence-corrected chi connectivity index (χ4v) is 2.24. The maximum absolute atomic E-state index is 5.28. The van der Waals surface area contributed by atoms with Crippen LogP contribution in [0.2, 0.25) is 0 Å². The molecule has 0 heterocycles. The molecule has 0 aromatic rings. The van der Waals surface area contributed by atoms with Crippen LogP contribution in [0, 0.1) is 0 Å². The maximum atomic E-state index is 5.28. The van der Waals surface area contributed by atoms with Gasteiger partial charge in [-0.15, -0.1) is 0 Å². The smallest absolute Gasteiger partial charge is 0.0601 e. The van der Waals surface area contributed by atoms with Crippen molar-refractivity contribution in [1.29, 1.82) is 0 Å². The van der Waals surface area contributed by atoms with Gasteiger partial charge < -0.3 is 10.1 Å². The van der Waals surface area contributed by atoms with Crippen LogP contribution in [0.5, 0.6) is 0 Å². The molecule has 1 rings (SSSR count). The standard InChI is InChI=1S/C12H25NO/c1-4-6-10(7-5-2)13-11-8-12(9-11)14-3/h10-13H,4-9H2,1-3H3. The van der Waals surface area contributed by atoms with Crippen molar-refractivity contribution >= 4 is 0 Å². The SMILES string of the molecule is CCCC(CCC)NC1CC(OC)C1. The van der Waals surface area contributed by atoms with Crippen molar-refractivity contribution in [3.05, 3.63) is 0 Å². The number of rotatable bonds is 7. The predicted molar refractivity (Wildman–Crippen MR) is 60.6 cm³/mol. The second-order valence-electron chi connectivity index (χ2n) is 4.47. The van der Waals surface area contributed by atoms with Gasteiger partial charge in [-0.05, 0) is 25.7 Å². The van der Waals surface area contributed by atoms with Gasteiger partial charge in [-0.3, -0.25) is 0 Å². The molecule has 1 N–H and O–H groups in total. The molecular weight excluding hydrogens is 174 g/mol. The van der Waals surface area contributed by atoms with Crippen LogP contribution in [0.15, 0.2) is 0 Å². The van der Waals surface area contributed by atoms with Crippen LogP contribution in [0.1, 0.15) is 52.4 Å². The maximum Gasteiger partial charge on any atom is 0.0601 e. The van der Waals surface area contributed by atoms with Gasteiger partial charge in [-0.2, -0.15) is 0 Å². The van der Waals surface area contributed by atoms with Crippen molar-refractivity contribution in [2.24, 2.45) is 0 Å². The van der Waals surface area contributed by atoms with Gasteiger partial charge >= 0.3 is 0 Å². The molecule has 1 aliphatic rings. The van der Waals surface area contributed by atoms with E-state index in [1.54, 1.807) is 0 Å². The number of nitrogens with one attached hydrogen (secondary N) is 1. The van der Waals surface area contributed by atoms with Gasteiger partial charge in [0.25, 0.3) is 0 Å². The summed E-state index contributed by atoms with van der Waals surface area (Å²) in [4.78, 5) is 0. The molecule has 1 aliphatic carbocycles. The van der Waals surface area contributed by atoms with E-state index in [0.29, 0.717) is 6.10 Å². The first kappa shape index (κ1) is 12.0. The first-order chi connectivity index (χ1) is 6.80. The summed E-state index contributed by atoms with van der Waals surface area (Å²) in [6.45, 7) is 4.53. The van der Waals surface area contributed by atoms with E-state index in [2.05, 4.69) is 19.2 Å². The van der Waals surface area contributed by atoms with Crippen molar-refractivity contribution in [2.45, 2.75) is 70.6 Å². The Balaban J connectivity index is 2.13. The summed E-state index contributed by atoms with van der Waals surface area (Å²) < 4.78 is 5.28. The topological polar surface area (TPSA) is 21.3 Å². The molecule has 2 heteroatoms. The lowest BCUT2D eigenvalue weighted by molar-refractivity contribution is 0.0135. The Hall–Kier alpha value is -0.0800. The molecule has 0 spiro atoms. The van der Waals surface area contributed by atoms with E-state index in [1.807, 2.05) is 7.11 Å². The van der Waals surface area contributed by atoms with Gasteiger partial charge in [0.15, 0.2) is 0 Å². The summed E-state index contributed by atoms with van der Waals surface area (Å²) in [5, 5.41) is 3.74. The lowest BCUT2D eigenvalue weighted by Crippen LogP contribution is -2.49. The van der Waals surface area contributed by atoms with Gasteiger partial charge in [0.2, 0.25) is 0 Å². The normalized spacial score (nSPS) is 26.6. The highest BCUT2D eigenvalue weighted by molar-refractivity contribution is 4.87. The van der Waals surface area contributed by atoms with Crippen molar-refractivity contribution < 1.29 is 4.74 Å². The highest BCUT2D eigenvalue weighted by Gasteiger charge is 2.29. The first-order valence-electron chi connectivity index (χ1n) is 6.09. The molecule has 0 amide bonds. The quantitative estimate of drug-likeness (QED) is 0.680. The summed E-state index contributed by atoms with van der Waals surface area (Å²) in [5.74, 6) is 0. The molecule has 0 aliphatic heterocycles. The molecule has 0 radical (unpaired) electrons. The van der Waals surface area contributed by atoms with Gasteiger partial charge in [-0.1, -0.05) is 26.7 Å². The van der Waals surface area contributed by atoms with Crippen LogP contribution in [0.25, 0.3) is 0 Å². The van der Waals surface area contributed by atoms with Crippen LogP contribution >= 0.6 is 0 Å². The Morgan fingerprint density at radius 2 is 1.79 bits per heavy atom. The van der Waals surface area contributed by atoms with Crippen molar-refractivity contribution in [3.63, 3.8) is 0 Å². The Morgan fingerprint density at radius 1 is 1.21 bits per heavy atom. The molecule has 0 bridgehead atoms. The zero-order valence-electron chi connectivity index (χ0n) is 9.88. The molecular formula is C12H25NO. The van der Waals surface area contributed by atoms with E-state index in [0.717, 1.165) is 12.1 Å². The van der Waals surface area contributed by atoms with Crippen LogP contribution in [-0.4, -0.2) is 25.3 Å². The van der Waals surface area contributed by atoms with Gasteiger partial charge in [0.1, 0.15) is 0 Å². The minimum atomic E-state index is 0.524. The molecule has 84 valence electrons. The first-order valence-corrected chi connectivity index (χ1v) is 6.09. The summed E-state index contributed by atoms with van der Waals surface area (Å²) >= 11 is 0. The average molecular weight is 199 g/mol. The fourth-order valence-electron chi connectivity index (χ4n) is 2.24. The van der Waals surface area contributed by atoms with E-state index in [4.69, 9.17) is 4.74 Å². The number of hydrogen-bond acceptors (Lipinski definition) is 2. The van der Waals surface area contributed by atoms with Gasteiger partial charge in [0.05, 0.1) is 6.10 Å². The molecule has 0 aromatic carbocycles. The predicted octanol–water partition coefficient (Wildman–Crippen LogP) is 2.72. The Morgan fingerprint density at radius 3 is 2.21 bits per heavy atom. The largest absolute Gasteiger partial charge is 0.381 e. The Kier molecular flexibility index (Phi) is 5.49. The zero-order chi connectivity index (χ0) is 10.4. The summed E-state index contributed by atoms with van der Waals surface area (Å²) in [5.41, 5.74) is 0. The molecule has 2 nitrogen and oxygen atoms in total. The Bertz CT molecular complexity index is 137. The second kappa shape index (κ2) is 6.41. The molecule has 1 saturated carbocycles. The van der Waals surface area contributed by atoms with E-state index in [-0.39, 0.29) is 0 Å². The summed E-state index contributed by atoms with van der Waals surface area (Å²) in [6, 6.07) is 1.47. The minimum absolute atomic E-state index is 0.524. The third-order valence-electron chi connectivity index (χ3n) is 3.17. The van der Waals surface area contributed by atoms with E-state index in [1.165, 1.54) is 38.5 Å². The summed E-state index contributed by atoms with van der Waals surface area (Å²) in [7, 11) is 1.82. The lowest BCUT2D eigenvalue weighted by atomic mass is 9.88. The van der Waals surface area contributed by atoms with E-state index < -0.39 is 0 Å². The van der Waals surface area contributed by atoms with Crippen molar-refractivity contribution in [2.75, 3.05) is 7.11 Å². The van der Waals surface area contributed by atoms with Crippen molar-refractivity contribution in [3.8, 4) is 0 Å². The van der Waals surface area contributed by atoms with Gasteiger partial charge in [0, 0.05) is 19.2 Å². The van der Waals surface area contributed by atoms with Gasteiger partial charge in [-0.25, -0.2) is 0 Å². The molecule has 0 aromatic heterocycles. The van der Waals surface area contributed by atoms with Crippen LogP contribution in [0.4, 0.5) is 0 Å². The van der Waals surface area contributed by atoms with Crippen LogP contribution in [0.3, 0.4) is 0 Å². The van der Waals surface area contributed by atoms with E-state index >= 15 is 0 Å². The highest BCUT2D eigenvalue weighted by Crippen LogP contribution is 2.24. The molecule has 0 atom stereocenters. The lowest BCUT2D eigenvalue weighted by Gasteiger charge is -2.37. The number of methoxy groups -OCH3 is 1. The third kappa shape index (κ3) is 3.58. The monoisotopic (exact) mass is 199 g/mol. The second-order valence-corrected chi connectivity index (χ2v) is 4.47. The third-order valence-corrected chi connectivity index (χ3v) is 3.17. The molecule has 14 heavy (non-hydrogen) atoms. The number of hydrogen-bond donors (Lipinski definition) is 1. The van der Waals surface area contributed by atoms with Crippen LogP contribution < -0.4 is 5.32 Å². The molecule has 0 unspecified atom stereocenters. The Labute approximate surface area is 88.4 Å². The van der Waals surface area contributed by atoms with Crippen LogP contribution in [-0.2, 0) is 4.74 Å². The minimum Gasteiger partial charge on any atom is -0.381 e. The van der Waals surface area contributed by atoms with Crippen molar-refractivity contribution in [1.82, 2.24) is 5.32 Å². The average Bonchev–Trinajstić information content (AvgIpc) is 2.11. The summed E-state index contributed by atoms with van der Waals surface area (Å²) in [6.07, 6.45) is 8.16. The zero-order valence-corrected chi connectivity index (χ0v) is 9.88.